The zero-order chi connectivity index (χ0) is 37.2. The molecule has 8 aromatic carbocycles. The van der Waals surface area contributed by atoms with Crippen molar-refractivity contribution in [3.63, 3.8) is 0 Å². The zero-order valence-corrected chi connectivity index (χ0v) is 30.6. The molecule has 8 aromatic rings. The van der Waals surface area contributed by atoms with Gasteiger partial charge in [-0.1, -0.05) is 121 Å². The first-order chi connectivity index (χ1) is 27.2. The molecule has 0 aliphatic heterocycles. The predicted octanol–water partition coefficient (Wildman–Crippen LogP) is 12.5. The van der Waals surface area contributed by atoms with Crippen LogP contribution in [0.2, 0.25) is 0 Å². The number of anilines is 6. The third kappa shape index (κ3) is 5.94. The van der Waals surface area contributed by atoms with Gasteiger partial charge in [0.25, 0.3) is 0 Å². The Labute approximate surface area is 322 Å². The highest BCUT2D eigenvalue weighted by Gasteiger charge is 2.47. The van der Waals surface area contributed by atoms with Gasteiger partial charge in [-0.25, -0.2) is 0 Å². The Kier molecular flexibility index (Phi) is 8.95. The third-order valence-corrected chi connectivity index (χ3v) is 10.8. The van der Waals surface area contributed by atoms with E-state index >= 15 is 0 Å². The third-order valence-electron chi connectivity index (χ3n) is 10.8. The van der Waals surface area contributed by atoms with Crippen LogP contribution in [0.4, 0.5) is 34.1 Å². The van der Waals surface area contributed by atoms with Crippen LogP contribution in [-0.2, 0) is 12.0 Å². The fourth-order valence-corrected chi connectivity index (χ4v) is 8.27. The number of methoxy groups -OCH3 is 1. The normalized spacial score (nSPS) is 12.4. The van der Waals surface area contributed by atoms with E-state index in [1.54, 1.807) is 7.11 Å². The van der Waals surface area contributed by atoms with Gasteiger partial charge in [0.2, 0.25) is 0 Å². The number of hydrogen-bond acceptors (Lipinski definition) is 4. The Bertz CT molecular complexity index is 2280. The van der Waals surface area contributed by atoms with Gasteiger partial charge in [-0.15, -0.1) is 0 Å². The van der Waals surface area contributed by atoms with Gasteiger partial charge >= 0.3 is 0 Å². The lowest BCUT2D eigenvalue weighted by Gasteiger charge is -2.36. The standard InChI is InChI=1S/C51H40N2O2/c1-55-46-30-26-39(27-31-46)51(38-24-22-37(36-54)23-25-38)49-34-44(52(40-14-6-2-7-15-40)41-16-8-3-9-17-41)28-32-47(49)48-33-29-45(35-50(48)51)53(42-18-10-4-11-19-42)43-20-12-5-13-21-43/h2-35,54H,36H2,1H3. The molecule has 0 unspecified atom stereocenters. The average Bonchev–Trinajstić information content (AvgIpc) is 3.55. The molecular weight excluding hydrogens is 673 g/mol. The van der Waals surface area contributed by atoms with Gasteiger partial charge < -0.3 is 19.6 Å². The van der Waals surface area contributed by atoms with Crippen molar-refractivity contribution in [1.29, 1.82) is 0 Å². The Morgan fingerprint density at radius 3 is 1.13 bits per heavy atom. The van der Waals surface area contributed by atoms with Crippen molar-refractivity contribution in [3.05, 3.63) is 234 Å². The van der Waals surface area contributed by atoms with E-state index in [-0.39, 0.29) is 6.61 Å². The van der Waals surface area contributed by atoms with Crippen LogP contribution in [0.3, 0.4) is 0 Å². The molecule has 55 heavy (non-hydrogen) atoms. The number of nitrogens with zero attached hydrogens (tertiary/aromatic N) is 2. The number of rotatable bonds is 10. The first-order valence-electron chi connectivity index (χ1n) is 18.6. The van der Waals surface area contributed by atoms with Gasteiger partial charge in [0.1, 0.15) is 5.75 Å². The summed E-state index contributed by atoms with van der Waals surface area (Å²) < 4.78 is 5.70. The number of ether oxygens (including phenoxy) is 1. The van der Waals surface area contributed by atoms with Crippen molar-refractivity contribution < 1.29 is 9.84 Å². The average molecular weight is 713 g/mol. The lowest BCUT2D eigenvalue weighted by molar-refractivity contribution is 0.282. The number of hydrogen-bond donors (Lipinski definition) is 1. The summed E-state index contributed by atoms with van der Waals surface area (Å²) in [5.74, 6) is 0.800. The molecule has 0 bridgehead atoms. The first-order valence-corrected chi connectivity index (χ1v) is 18.6. The van der Waals surface area contributed by atoms with Crippen LogP contribution >= 0.6 is 0 Å². The SMILES string of the molecule is COc1ccc(C2(c3ccc(CO)cc3)c3cc(N(c4ccccc4)c4ccccc4)ccc3-c3ccc(N(c4ccccc4)c4ccccc4)cc32)cc1. The molecule has 1 aliphatic rings. The molecule has 4 heteroatoms. The number of benzene rings is 8. The van der Waals surface area contributed by atoms with Gasteiger partial charge in [-0.05, 0) is 124 Å². The molecule has 0 spiro atoms. The summed E-state index contributed by atoms with van der Waals surface area (Å²) in [6.45, 7) is -0.0243. The lowest BCUT2D eigenvalue weighted by atomic mass is 9.67. The highest BCUT2D eigenvalue weighted by Crippen LogP contribution is 2.58. The quantitative estimate of drug-likeness (QED) is 0.153. The topological polar surface area (TPSA) is 35.9 Å². The van der Waals surface area contributed by atoms with Crippen molar-refractivity contribution in [2.24, 2.45) is 0 Å². The minimum absolute atomic E-state index is 0.0243. The maximum Gasteiger partial charge on any atom is 0.118 e. The molecule has 0 heterocycles. The second kappa shape index (κ2) is 14.5. The molecule has 1 N–H and O–H groups in total. The second-order valence-corrected chi connectivity index (χ2v) is 13.8. The van der Waals surface area contributed by atoms with Gasteiger partial charge in [0.15, 0.2) is 0 Å². The molecule has 9 rings (SSSR count). The Morgan fingerprint density at radius 2 is 0.782 bits per heavy atom. The summed E-state index contributed by atoms with van der Waals surface area (Å²) >= 11 is 0. The van der Waals surface area contributed by atoms with E-state index in [0.717, 1.165) is 56.6 Å². The molecular formula is C51H40N2O2. The van der Waals surface area contributed by atoms with E-state index in [1.165, 1.54) is 22.3 Å². The van der Waals surface area contributed by atoms with Crippen LogP contribution < -0.4 is 14.5 Å². The molecule has 0 fully saturated rings. The summed E-state index contributed by atoms with van der Waals surface area (Å²) in [6, 6.07) is 73.1. The molecule has 0 amide bonds. The van der Waals surface area contributed by atoms with E-state index in [1.807, 2.05) is 12.1 Å². The first kappa shape index (κ1) is 33.9. The van der Waals surface area contributed by atoms with Crippen LogP contribution in [0.1, 0.15) is 27.8 Å². The predicted molar refractivity (Wildman–Crippen MR) is 226 cm³/mol. The summed E-state index contributed by atoms with van der Waals surface area (Å²) in [5.41, 5.74) is 13.5. The van der Waals surface area contributed by atoms with Gasteiger partial charge in [-0.3, -0.25) is 0 Å². The van der Waals surface area contributed by atoms with Crippen LogP contribution in [0.5, 0.6) is 5.75 Å². The number of para-hydroxylation sites is 4. The second-order valence-electron chi connectivity index (χ2n) is 13.8. The molecule has 4 nitrogen and oxygen atoms in total. The van der Waals surface area contributed by atoms with Crippen molar-refractivity contribution in [2.75, 3.05) is 16.9 Å². The zero-order valence-electron chi connectivity index (χ0n) is 30.6. The minimum atomic E-state index is -0.727. The Hall–Kier alpha value is -6.88. The molecule has 0 saturated heterocycles. The largest absolute Gasteiger partial charge is 0.497 e. The Balaban J connectivity index is 1.35. The smallest absolute Gasteiger partial charge is 0.118 e. The molecule has 0 atom stereocenters. The van der Waals surface area contributed by atoms with Gasteiger partial charge in [0.05, 0.1) is 19.1 Å². The van der Waals surface area contributed by atoms with Crippen LogP contribution in [0.25, 0.3) is 11.1 Å². The van der Waals surface area contributed by atoms with E-state index < -0.39 is 5.41 Å². The van der Waals surface area contributed by atoms with E-state index in [0.29, 0.717) is 0 Å². The van der Waals surface area contributed by atoms with Crippen LogP contribution in [0, 0.1) is 0 Å². The fraction of sp³-hybridized carbons (Fsp3) is 0.0588. The summed E-state index contributed by atoms with van der Waals surface area (Å²) in [5, 5.41) is 10.2. The van der Waals surface area contributed by atoms with E-state index in [4.69, 9.17) is 4.74 Å². The van der Waals surface area contributed by atoms with Crippen LogP contribution in [-0.4, -0.2) is 12.2 Å². The Morgan fingerprint density at radius 1 is 0.418 bits per heavy atom. The van der Waals surface area contributed by atoms with Crippen molar-refractivity contribution >= 4 is 34.1 Å². The van der Waals surface area contributed by atoms with E-state index in [2.05, 4.69) is 204 Å². The highest BCUT2D eigenvalue weighted by atomic mass is 16.5. The van der Waals surface area contributed by atoms with Gasteiger partial charge in [-0.2, -0.15) is 0 Å². The van der Waals surface area contributed by atoms with Crippen LogP contribution in [0.15, 0.2) is 206 Å². The maximum absolute atomic E-state index is 10.2. The van der Waals surface area contributed by atoms with E-state index in [9.17, 15) is 5.11 Å². The minimum Gasteiger partial charge on any atom is -0.497 e. The fourth-order valence-electron chi connectivity index (χ4n) is 8.27. The highest BCUT2D eigenvalue weighted by molar-refractivity contribution is 5.92. The summed E-state index contributed by atoms with van der Waals surface area (Å²) in [6.07, 6.45) is 0. The molecule has 0 aromatic heterocycles. The van der Waals surface area contributed by atoms with Crippen molar-refractivity contribution in [3.8, 4) is 16.9 Å². The van der Waals surface area contributed by atoms with Crippen molar-refractivity contribution in [2.45, 2.75) is 12.0 Å². The maximum atomic E-state index is 10.2. The summed E-state index contributed by atoms with van der Waals surface area (Å²) in [4.78, 5) is 4.66. The number of fused-ring (bicyclic) bond motifs is 3. The summed E-state index contributed by atoms with van der Waals surface area (Å²) in [7, 11) is 1.71. The monoisotopic (exact) mass is 712 g/mol. The molecule has 266 valence electrons. The number of aliphatic hydroxyl groups is 1. The molecule has 0 radical (unpaired) electrons. The van der Waals surface area contributed by atoms with Gasteiger partial charge in [0, 0.05) is 34.1 Å². The molecule has 1 aliphatic carbocycles. The van der Waals surface area contributed by atoms with Crippen molar-refractivity contribution in [1.82, 2.24) is 0 Å². The molecule has 0 saturated carbocycles. The number of aliphatic hydroxyl groups excluding tert-OH is 1. The lowest BCUT2D eigenvalue weighted by Crippen LogP contribution is -2.29.